The molecule has 2 aromatic carbocycles. The SMILES string of the molecule is Cc1ccccc1OC1(C)CCN(CCOc2ccccc2)C1. The van der Waals surface area contributed by atoms with Crippen LogP contribution in [0.3, 0.4) is 0 Å². The van der Waals surface area contributed by atoms with Gasteiger partial charge in [0.1, 0.15) is 23.7 Å². The molecule has 1 heterocycles. The molecule has 0 aromatic heterocycles. The van der Waals surface area contributed by atoms with E-state index in [9.17, 15) is 0 Å². The first-order valence-electron chi connectivity index (χ1n) is 8.29. The zero-order chi connectivity index (χ0) is 16.1. The van der Waals surface area contributed by atoms with Crippen LogP contribution in [0.2, 0.25) is 0 Å². The van der Waals surface area contributed by atoms with Crippen molar-refractivity contribution >= 4 is 0 Å². The van der Waals surface area contributed by atoms with Crippen molar-refractivity contribution in [2.45, 2.75) is 25.9 Å². The minimum atomic E-state index is -0.112. The van der Waals surface area contributed by atoms with Crippen LogP contribution in [0.15, 0.2) is 54.6 Å². The molecule has 3 heteroatoms. The predicted molar refractivity (Wildman–Crippen MR) is 93.2 cm³/mol. The highest BCUT2D eigenvalue weighted by Crippen LogP contribution is 2.29. The Morgan fingerprint density at radius 1 is 1.04 bits per heavy atom. The summed E-state index contributed by atoms with van der Waals surface area (Å²) >= 11 is 0. The summed E-state index contributed by atoms with van der Waals surface area (Å²) < 4.78 is 12.1. The Balaban J connectivity index is 1.48. The number of aryl methyl sites for hydroxylation is 1. The molecule has 0 N–H and O–H groups in total. The Morgan fingerprint density at radius 3 is 2.57 bits per heavy atom. The fourth-order valence-electron chi connectivity index (χ4n) is 3.05. The lowest BCUT2D eigenvalue weighted by atomic mass is 10.1. The van der Waals surface area contributed by atoms with E-state index in [1.165, 1.54) is 5.56 Å². The molecular formula is C20H25NO2. The van der Waals surface area contributed by atoms with Gasteiger partial charge in [0.25, 0.3) is 0 Å². The number of para-hydroxylation sites is 2. The number of hydrogen-bond donors (Lipinski definition) is 0. The van der Waals surface area contributed by atoms with Crippen LogP contribution in [0.25, 0.3) is 0 Å². The quantitative estimate of drug-likeness (QED) is 0.807. The lowest BCUT2D eigenvalue weighted by Crippen LogP contribution is -2.37. The number of ether oxygens (including phenoxy) is 2. The van der Waals surface area contributed by atoms with Crippen LogP contribution in [0.1, 0.15) is 18.9 Å². The van der Waals surface area contributed by atoms with Gasteiger partial charge in [0.2, 0.25) is 0 Å². The molecule has 1 saturated heterocycles. The number of rotatable bonds is 6. The van der Waals surface area contributed by atoms with Gasteiger partial charge in [0, 0.05) is 26.1 Å². The summed E-state index contributed by atoms with van der Waals surface area (Å²) in [5.41, 5.74) is 1.08. The molecule has 1 aliphatic heterocycles. The topological polar surface area (TPSA) is 21.7 Å². The Bertz CT molecular complexity index is 629. The minimum absolute atomic E-state index is 0.112. The molecule has 3 rings (SSSR count). The Kier molecular flexibility index (Phi) is 4.87. The second-order valence-electron chi connectivity index (χ2n) is 6.51. The van der Waals surface area contributed by atoms with Crippen LogP contribution < -0.4 is 9.47 Å². The van der Waals surface area contributed by atoms with Crippen molar-refractivity contribution in [1.29, 1.82) is 0 Å². The van der Waals surface area contributed by atoms with Crippen molar-refractivity contribution < 1.29 is 9.47 Å². The fraction of sp³-hybridized carbons (Fsp3) is 0.400. The van der Waals surface area contributed by atoms with E-state index >= 15 is 0 Å². The molecule has 23 heavy (non-hydrogen) atoms. The molecule has 0 radical (unpaired) electrons. The maximum Gasteiger partial charge on any atom is 0.123 e. The van der Waals surface area contributed by atoms with Gasteiger partial charge in [-0.15, -0.1) is 0 Å². The third-order valence-corrected chi connectivity index (χ3v) is 4.38. The van der Waals surface area contributed by atoms with Crippen LogP contribution in [-0.4, -0.2) is 36.7 Å². The standard InChI is InChI=1S/C20H25NO2/c1-17-8-6-7-11-19(17)23-20(2)12-13-21(16-20)14-15-22-18-9-4-3-5-10-18/h3-11H,12-16H2,1-2H3. The first-order chi connectivity index (χ1) is 11.1. The van der Waals surface area contributed by atoms with Gasteiger partial charge in [-0.2, -0.15) is 0 Å². The molecule has 122 valence electrons. The van der Waals surface area contributed by atoms with Crippen molar-refractivity contribution in [3.63, 3.8) is 0 Å². The van der Waals surface area contributed by atoms with Gasteiger partial charge < -0.3 is 9.47 Å². The summed E-state index contributed by atoms with van der Waals surface area (Å²) in [6, 6.07) is 18.2. The lowest BCUT2D eigenvalue weighted by Gasteiger charge is -2.27. The summed E-state index contributed by atoms with van der Waals surface area (Å²) in [6.07, 6.45) is 1.05. The van der Waals surface area contributed by atoms with Crippen LogP contribution in [0.4, 0.5) is 0 Å². The molecule has 2 aromatic rings. The smallest absolute Gasteiger partial charge is 0.123 e. The molecule has 0 spiro atoms. The minimum Gasteiger partial charge on any atom is -0.492 e. The van der Waals surface area contributed by atoms with E-state index in [4.69, 9.17) is 9.47 Å². The predicted octanol–water partition coefficient (Wildman–Crippen LogP) is 3.92. The molecule has 0 amide bonds. The molecule has 1 atom stereocenters. The Morgan fingerprint density at radius 2 is 1.78 bits per heavy atom. The lowest BCUT2D eigenvalue weighted by molar-refractivity contribution is 0.0926. The number of hydrogen-bond acceptors (Lipinski definition) is 3. The summed E-state index contributed by atoms with van der Waals surface area (Å²) in [5.74, 6) is 1.93. The molecule has 3 nitrogen and oxygen atoms in total. The molecular weight excluding hydrogens is 286 g/mol. The molecule has 1 unspecified atom stereocenters. The first-order valence-corrected chi connectivity index (χ1v) is 8.29. The molecule has 1 aliphatic rings. The number of likely N-dealkylation sites (tertiary alicyclic amines) is 1. The van der Waals surface area contributed by atoms with E-state index in [1.54, 1.807) is 0 Å². The van der Waals surface area contributed by atoms with Gasteiger partial charge in [-0.25, -0.2) is 0 Å². The normalized spacial score (nSPS) is 21.3. The molecule has 0 aliphatic carbocycles. The third kappa shape index (κ3) is 4.26. The van der Waals surface area contributed by atoms with E-state index in [0.717, 1.165) is 37.6 Å². The monoisotopic (exact) mass is 311 g/mol. The average molecular weight is 311 g/mol. The van der Waals surface area contributed by atoms with Gasteiger partial charge in [-0.3, -0.25) is 4.90 Å². The maximum absolute atomic E-state index is 6.31. The van der Waals surface area contributed by atoms with Crippen molar-refractivity contribution in [3.8, 4) is 11.5 Å². The summed E-state index contributed by atoms with van der Waals surface area (Å²) in [4.78, 5) is 2.42. The Labute approximate surface area is 138 Å². The van der Waals surface area contributed by atoms with Crippen LogP contribution in [-0.2, 0) is 0 Å². The number of benzene rings is 2. The van der Waals surface area contributed by atoms with Gasteiger partial charge in [0.05, 0.1) is 0 Å². The van der Waals surface area contributed by atoms with E-state index in [0.29, 0.717) is 6.61 Å². The van der Waals surface area contributed by atoms with Crippen LogP contribution >= 0.6 is 0 Å². The van der Waals surface area contributed by atoms with Gasteiger partial charge in [-0.05, 0) is 37.6 Å². The Hall–Kier alpha value is -2.00. The maximum atomic E-state index is 6.31. The highest BCUT2D eigenvalue weighted by atomic mass is 16.5. The van der Waals surface area contributed by atoms with Gasteiger partial charge in [0.15, 0.2) is 0 Å². The van der Waals surface area contributed by atoms with Crippen molar-refractivity contribution in [2.75, 3.05) is 26.2 Å². The van der Waals surface area contributed by atoms with E-state index in [-0.39, 0.29) is 5.60 Å². The average Bonchev–Trinajstić information content (AvgIpc) is 2.92. The van der Waals surface area contributed by atoms with Crippen LogP contribution in [0.5, 0.6) is 11.5 Å². The third-order valence-electron chi connectivity index (χ3n) is 4.38. The zero-order valence-electron chi connectivity index (χ0n) is 14.0. The van der Waals surface area contributed by atoms with Gasteiger partial charge >= 0.3 is 0 Å². The molecule has 0 saturated carbocycles. The second-order valence-corrected chi connectivity index (χ2v) is 6.51. The zero-order valence-corrected chi connectivity index (χ0v) is 14.0. The fourth-order valence-corrected chi connectivity index (χ4v) is 3.05. The first kappa shape index (κ1) is 15.9. The summed E-state index contributed by atoms with van der Waals surface area (Å²) in [5, 5.41) is 0. The van der Waals surface area contributed by atoms with Crippen molar-refractivity contribution in [1.82, 2.24) is 4.90 Å². The highest BCUT2D eigenvalue weighted by Gasteiger charge is 2.35. The highest BCUT2D eigenvalue weighted by molar-refractivity contribution is 5.32. The van der Waals surface area contributed by atoms with Gasteiger partial charge in [-0.1, -0.05) is 36.4 Å². The van der Waals surface area contributed by atoms with E-state index in [2.05, 4.69) is 30.9 Å². The van der Waals surface area contributed by atoms with Crippen molar-refractivity contribution in [3.05, 3.63) is 60.2 Å². The largest absolute Gasteiger partial charge is 0.492 e. The molecule has 0 bridgehead atoms. The second kappa shape index (κ2) is 7.05. The van der Waals surface area contributed by atoms with E-state index < -0.39 is 0 Å². The number of nitrogens with zero attached hydrogens (tertiary/aromatic N) is 1. The van der Waals surface area contributed by atoms with E-state index in [1.807, 2.05) is 42.5 Å². The van der Waals surface area contributed by atoms with Crippen LogP contribution in [0, 0.1) is 6.92 Å². The van der Waals surface area contributed by atoms with Crippen molar-refractivity contribution in [2.24, 2.45) is 0 Å². The summed E-state index contributed by atoms with van der Waals surface area (Å²) in [7, 11) is 0. The summed E-state index contributed by atoms with van der Waals surface area (Å²) in [6.45, 7) is 7.95. The molecule has 1 fully saturated rings.